The lowest BCUT2D eigenvalue weighted by atomic mass is 9.80. The number of aryl methyl sites for hydroxylation is 1. The maximum absolute atomic E-state index is 14.0. The van der Waals surface area contributed by atoms with Crippen LogP contribution in [0.5, 0.6) is 0 Å². The standard InChI is InChI=1S/C24H27BFN3O5/c1-14-20(28-22(30)31-15(2)17-9-7-8-10-18(17)26)21(32-29-14)19-12-11-16(13-27-19)25-33-23(3,4)24(5,6)34-25/h7-13,15H,1-6H3,(H,28,30). The van der Waals surface area contributed by atoms with E-state index in [4.69, 9.17) is 18.6 Å². The Morgan fingerprint density at radius 2 is 1.79 bits per heavy atom. The number of ether oxygens (including phenoxy) is 1. The minimum absolute atomic E-state index is 0.272. The normalized spacial score (nSPS) is 17.4. The number of amides is 1. The van der Waals surface area contributed by atoms with Gasteiger partial charge in [0.05, 0.1) is 11.2 Å². The Labute approximate surface area is 197 Å². The highest BCUT2D eigenvalue weighted by Gasteiger charge is 2.51. The van der Waals surface area contributed by atoms with E-state index in [2.05, 4.69) is 15.5 Å². The number of nitrogens with one attached hydrogen (secondary N) is 1. The summed E-state index contributed by atoms with van der Waals surface area (Å²) in [6, 6.07) is 9.69. The number of rotatable bonds is 5. The summed E-state index contributed by atoms with van der Waals surface area (Å²) in [6.07, 6.45) is 0.0804. The minimum atomic E-state index is -0.790. The molecule has 1 amide bonds. The third kappa shape index (κ3) is 4.56. The van der Waals surface area contributed by atoms with Crippen LogP contribution in [0.1, 0.15) is 52.0 Å². The third-order valence-electron chi connectivity index (χ3n) is 6.26. The number of hydrogen-bond acceptors (Lipinski definition) is 7. The second-order valence-electron chi connectivity index (χ2n) is 9.23. The first-order valence-electron chi connectivity index (χ1n) is 11.0. The Kier molecular flexibility index (Phi) is 6.22. The van der Waals surface area contributed by atoms with Crippen LogP contribution in [0.4, 0.5) is 14.9 Å². The lowest BCUT2D eigenvalue weighted by Gasteiger charge is -2.32. The predicted molar refractivity (Wildman–Crippen MR) is 125 cm³/mol. The number of anilines is 1. The zero-order chi connectivity index (χ0) is 24.7. The molecular weight excluding hydrogens is 440 g/mol. The number of carbonyl (C=O) groups excluding carboxylic acids is 1. The van der Waals surface area contributed by atoms with Crippen LogP contribution in [-0.4, -0.2) is 34.6 Å². The van der Waals surface area contributed by atoms with Crippen molar-refractivity contribution in [3.05, 3.63) is 59.7 Å². The summed E-state index contributed by atoms with van der Waals surface area (Å²) < 4.78 is 36.9. The van der Waals surface area contributed by atoms with Crippen molar-refractivity contribution in [2.45, 2.75) is 58.8 Å². The van der Waals surface area contributed by atoms with Crippen molar-refractivity contribution in [2.24, 2.45) is 0 Å². The number of benzene rings is 1. The maximum Gasteiger partial charge on any atom is 0.496 e. The zero-order valence-corrected chi connectivity index (χ0v) is 20.0. The van der Waals surface area contributed by atoms with Gasteiger partial charge >= 0.3 is 13.2 Å². The summed E-state index contributed by atoms with van der Waals surface area (Å²) in [5.41, 5.74) is 1.33. The molecule has 34 heavy (non-hydrogen) atoms. The molecular formula is C24H27BFN3O5. The lowest BCUT2D eigenvalue weighted by molar-refractivity contribution is 0.00578. The van der Waals surface area contributed by atoms with E-state index in [0.717, 1.165) is 5.46 Å². The van der Waals surface area contributed by atoms with E-state index in [-0.39, 0.29) is 11.3 Å². The third-order valence-corrected chi connectivity index (χ3v) is 6.26. The summed E-state index contributed by atoms with van der Waals surface area (Å²) >= 11 is 0. The van der Waals surface area contributed by atoms with Gasteiger partial charge in [0.15, 0.2) is 0 Å². The summed E-state index contributed by atoms with van der Waals surface area (Å²) in [7, 11) is -0.546. The van der Waals surface area contributed by atoms with E-state index in [9.17, 15) is 9.18 Å². The van der Waals surface area contributed by atoms with Gasteiger partial charge in [0.25, 0.3) is 0 Å². The molecule has 2 aromatic heterocycles. The molecule has 1 saturated heterocycles. The molecule has 1 aromatic carbocycles. The molecule has 3 aromatic rings. The van der Waals surface area contributed by atoms with Gasteiger partial charge in [-0.05, 0) is 53.7 Å². The van der Waals surface area contributed by atoms with Crippen LogP contribution >= 0.6 is 0 Å². The van der Waals surface area contributed by atoms with E-state index in [1.165, 1.54) is 6.07 Å². The highest BCUT2D eigenvalue weighted by atomic mass is 19.1. The van der Waals surface area contributed by atoms with Gasteiger partial charge < -0.3 is 18.6 Å². The average Bonchev–Trinajstić information content (AvgIpc) is 3.23. The molecule has 0 bridgehead atoms. The highest BCUT2D eigenvalue weighted by molar-refractivity contribution is 6.62. The van der Waals surface area contributed by atoms with Crippen molar-refractivity contribution in [1.82, 2.24) is 10.1 Å². The van der Waals surface area contributed by atoms with Gasteiger partial charge in [-0.1, -0.05) is 29.4 Å². The van der Waals surface area contributed by atoms with E-state index in [0.29, 0.717) is 17.1 Å². The minimum Gasteiger partial charge on any atom is -0.441 e. The SMILES string of the molecule is Cc1noc(-c2ccc(B3OC(C)(C)C(C)(C)O3)cn2)c1NC(=O)OC(C)c1ccccc1F. The molecule has 0 aliphatic carbocycles. The first-order chi connectivity index (χ1) is 16.0. The monoisotopic (exact) mass is 467 g/mol. The van der Waals surface area contributed by atoms with E-state index in [1.54, 1.807) is 44.3 Å². The zero-order valence-electron chi connectivity index (χ0n) is 20.0. The molecule has 3 heterocycles. The second kappa shape index (κ2) is 8.85. The molecule has 4 rings (SSSR count). The van der Waals surface area contributed by atoms with E-state index < -0.39 is 36.3 Å². The fourth-order valence-electron chi connectivity index (χ4n) is 3.51. The van der Waals surface area contributed by atoms with Crippen LogP contribution in [0.3, 0.4) is 0 Å². The molecule has 1 aliphatic heterocycles. The number of hydrogen-bond donors (Lipinski definition) is 1. The number of halogens is 1. The molecule has 1 unspecified atom stereocenters. The molecule has 1 fully saturated rings. The molecule has 1 aliphatic rings. The second-order valence-corrected chi connectivity index (χ2v) is 9.23. The van der Waals surface area contributed by atoms with Crippen molar-refractivity contribution in [1.29, 1.82) is 0 Å². The average molecular weight is 467 g/mol. The summed E-state index contributed by atoms with van der Waals surface area (Å²) in [5, 5.41) is 6.58. The fraction of sp³-hybridized carbons (Fsp3) is 0.375. The van der Waals surface area contributed by atoms with Crippen LogP contribution < -0.4 is 10.8 Å². The van der Waals surface area contributed by atoms with Crippen molar-refractivity contribution in [3.63, 3.8) is 0 Å². The smallest absolute Gasteiger partial charge is 0.441 e. The van der Waals surface area contributed by atoms with Gasteiger partial charge in [0.2, 0.25) is 5.76 Å². The Morgan fingerprint density at radius 3 is 2.41 bits per heavy atom. The van der Waals surface area contributed by atoms with Gasteiger partial charge in [0, 0.05) is 17.2 Å². The Balaban J connectivity index is 1.49. The Hall–Kier alpha value is -3.24. The van der Waals surface area contributed by atoms with Gasteiger partial charge in [-0.3, -0.25) is 10.3 Å². The Bertz CT molecular complexity index is 1180. The Morgan fingerprint density at radius 1 is 1.12 bits per heavy atom. The highest BCUT2D eigenvalue weighted by Crippen LogP contribution is 2.36. The number of aromatic nitrogens is 2. The maximum atomic E-state index is 14.0. The summed E-state index contributed by atoms with van der Waals surface area (Å²) in [5.74, 6) is -0.176. The molecule has 178 valence electrons. The molecule has 0 saturated carbocycles. The van der Waals surface area contributed by atoms with Crippen LogP contribution in [-0.2, 0) is 14.0 Å². The first kappa shape index (κ1) is 23.9. The van der Waals surface area contributed by atoms with Crippen molar-refractivity contribution < 1.29 is 27.8 Å². The van der Waals surface area contributed by atoms with Crippen molar-refractivity contribution >= 4 is 24.4 Å². The molecule has 1 N–H and O–H groups in total. The predicted octanol–water partition coefficient (Wildman–Crippen LogP) is 4.79. The first-order valence-corrected chi connectivity index (χ1v) is 11.0. The number of pyridine rings is 1. The van der Waals surface area contributed by atoms with Gasteiger partial charge in [0.1, 0.15) is 29.0 Å². The largest absolute Gasteiger partial charge is 0.496 e. The van der Waals surface area contributed by atoms with Crippen LogP contribution in [0.25, 0.3) is 11.5 Å². The molecule has 8 nitrogen and oxygen atoms in total. The summed E-state index contributed by atoms with van der Waals surface area (Å²) in [4.78, 5) is 17.0. The van der Waals surface area contributed by atoms with Gasteiger partial charge in [-0.15, -0.1) is 0 Å². The van der Waals surface area contributed by atoms with Crippen LogP contribution in [0.2, 0.25) is 0 Å². The summed E-state index contributed by atoms with van der Waals surface area (Å²) in [6.45, 7) is 11.2. The fourth-order valence-corrected chi connectivity index (χ4v) is 3.51. The molecule has 0 spiro atoms. The molecule has 1 atom stereocenters. The molecule has 0 radical (unpaired) electrons. The lowest BCUT2D eigenvalue weighted by Crippen LogP contribution is -2.41. The molecule has 10 heteroatoms. The van der Waals surface area contributed by atoms with Gasteiger partial charge in [-0.2, -0.15) is 0 Å². The van der Waals surface area contributed by atoms with Crippen molar-refractivity contribution in [2.75, 3.05) is 5.32 Å². The number of nitrogens with zero attached hydrogens (tertiary/aromatic N) is 2. The van der Waals surface area contributed by atoms with Crippen molar-refractivity contribution in [3.8, 4) is 11.5 Å². The quantitative estimate of drug-likeness (QED) is 0.539. The topological polar surface area (TPSA) is 95.7 Å². The van der Waals surface area contributed by atoms with E-state index >= 15 is 0 Å². The number of carbonyl (C=O) groups is 1. The van der Waals surface area contributed by atoms with Crippen LogP contribution in [0.15, 0.2) is 47.1 Å². The van der Waals surface area contributed by atoms with Crippen LogP contribution in [0, 0.1) is 12.7 Å². The van der Waals surface area contributed by atoms with Gasteiger partial charge in [-0.25, -0.2) is 9.18 Å². The van der Waals surface area contributed by atoms with E-state index in [1.807, 2.05) is 33.8 Å².